The van der Waals surface area contributed by atoms with Gasteiger partial charge in [0.15, 0.2) is 0 Å². The van der Waals surface area contributed by atoms with Crippen LogP contribution in [0, 0.1) is 0 Å². The quantitative estimate of drug-likeness (QED) is 0.249. The van der Waals surface area contributed by atoms with Crippen molar-refractivity contribution in [3.05, 3.63) is 28.8 Å². The van der Waals surface area contributed by atoms with Gasteiger partial charge in [0.1, 0.15) is 0 Å². The Morgan fingerprint density at radius 3 is 1.16 bits per heavy atom. The molecule has 220 valence electrons. The summed E-state index contributed by atoms with van der Waals surface area (Å²) >= 11 is 0. The Balaban J connectivity index is 3.31. The van der Waals surface area contributed by atoms with Crippen LogP contribution in [-0.4, -0.2) is 57.2 Å². The molecule has 0 nitrogen and oxygen atoms in total. The molecule has 0 amide bonds. The van der Waals surface area contributed by atoms with E-state index in [4.69, 9.17) is 0 Å². The second kappa shape index (κ2) is 9.90. The minimum absolute atomic E-state index is 0.421. The topological polar surface area (TPSA) is 0 Å². The normalized spacial score (nSPS) is 19.6. The standard InChI is InChI=1S/C31H68Si7/c1-30(2,3)32-27-25(29(35(10,11)12)36(13,14)15)22-24(28(33(4,5)6)34(7,8)9)23-26(27)31(32,37(16,17)18)38(19,20)21/h22-23,28-29,32H,1-21H3. The van der Waals surface area contributed by atoms with Crippen molar-refractivity contribution < 1.29 is 0 Å². The molecule has 0 aromatic heterocycles. The highest BCUT2D eigenvalue weighted by Crippen LogP contribution is 2.58. The number of rotatable bonds is 8. The van der Waals surface area contributed by atoms with Crippen molar-refractivity contribution in [3.63, 3.8) is 0 Å². The minimum Gasteiger partial charge on any atom is -0.0693 e. The van der Waals surface area contributed by atoms with Gasteiger partial charge in [-0.15, -0.1) is 0 Å². The van der Waals surface area contributed by atoms with Gasteiger partial charge < -0.3 is 0 Å². The van der Waals surface area contributed by atoms with Gasteiger partial charge in [-0.3, -0.25) is 0 Å². The molecule has 0 saturated carbocycles. The van der Waals surface area contributed by atoms with E-state index in [0.29, 0.717) is 9.32 Å². The van der Waals surface area contributed by atoms with Gasteiger partial charge in [0.25, 0.3) is 0 Å². The first-order chi connectivity index (χ1) is 16.3. The summed E-state index contributed by atoms with van der Waals surface area (Å²) in [6.07, 6.45) is 0. The van der Waals surface area contributed by atoms with Crippen LogP contribution < -0.4 is 5.19 Å². The summed E-state index contributed by atoms with van der Waals surface area (Å²) in [5, 5.41) is 4.07. The predicted molar refractivity (Wildman–Crippen MR) is 200 cm³/mol. The Hall–Kier alpha value is 0.738. The van der Waals surface area contributed by atoms with E-state index in [0.717, 1.165) is 10.3 Å². The molecule has 0 N–H and O–H groups in total. The van der Waals surface area contributed by atoms with E-state index in [1.165, 1.54) is 0 Å². The molecule has 0 fully saturated rings. The first-order valence-corrected chi connectivity index (χ1v) is 38.5. The maximum atomic E-state index is 2.91. The van der Waals surface area contributed by atoms with Gasteiger partial charge >= 0.3 is 0 Å². The lowest BCUT2D eigenvalue weighted by Crippen LogP contribution is -2.84. The van der Waals surface area contributed by atoms with Gasteiger partial charge in [-0.25, -0.2) is 0 Å². The highest BCUT2D eigenvalue weighted by molar-refractivity contribution is 7.17. The van der Waals surface area contributed by atoms with Gasteiger partial charge in [0, 0.05) is 32.3 Å². The van der Waals surface area contributed by atoms with Crippen LogP contribution in [0.15, 0.2) is 12.1 Å². The summed E-state index contributed by atoms with van der Waals surface area (Å²) in [5.74, 6) is 0. The molecule has 0 saturated heterocycles. The Labute approximate surface area is 248 Å². The van der Waals surface area contributed by atoms with Crippen molar-refractivity contribution in [2.45, 2.75) is 158 Å². The molecule has 1 heterocycles. The Bertz CT molecular complexity index is 964. The van der Waals surface area contributed by atoms with E-state index < -0.39 is 57.2 Å². The summed E-state index contributed by atoms with van der Waals surface area (Å²) in [6.45, 7) is 56.7. The SMILES string of the molecule is CC(C)(C)[SiH]1c2c(C([Si](C)(C)C)[Si](C)(C)C)cc(C([Si](C)(C)C)[Si](C)(C)C)cc2C1([Si](C)(C)C)[Si](C)(C)C. The van der Waals surface area contributed by atoms with Gasteiger partial charge in [-0.2, -0.15) is 0 Å². The summed E-state index contributed by atoms with van der Waals surface area (Å²) in [7, 11) is -9.96. The van der Waals surface area contributed by atoms with E-state index in [2.05, 4.69) is 151 Å². The van der Waals surface area contributed by atoms with Crippen molar-refractivity contribution in [2.24, 2.45) is 0 Å². The third kappa shape index (κ3) is 5.96. The van der Waals surface area contributed by atoms with Crippen molar-refractivity contribution in [2.75, 3.05) is 0 Å². The molecule has 1 atom stereocenters. The zero-order chi connectivity index (χ0) is 30.5. The Morgan fingerprint density at radius 2 is 0.895 bits per heavy atom. The van der Waals surface area contributed by atoms with Gasteiger partial charge in [-0.05, 0) is 25.2 Å². The maximum absolute atomic E-state index is 2.91. The monoisotopic (exact) mass is 636 g/mol. The lowest BCUT2D eigenvalue weighted by molar-refractivity contribution is 0.710. The van der Waals surface area contributed by atoms with Crippen LogP contribution in [0.5, 0.6) is 0 Å². The Morgan fingerprint density at radius 1 is 0.553 bits per heavy atom. The van der Waals surface area contributed by atoms with Crippen molar-refractivity contribution in [1.29, 1.82) is 0 Å². The average Bonchev–Trinajstić information content (AvgIpc) is 2.47. The fraction of sp³-hybridized carbons (Fsp3) is 0.806. The van der Waals surface area contributed by atoms with Crippen LogP contribution >= 0.6 is 0 Å². The molecule has 38 heavy (non-hydrogen) atoms. The molecular weight excluding hydrogens is 569 g/mol. The molecule has 1 aromatic rings. The molecule has 0 spiro atoms. The average molecular weight is 637 g/mol. The highest BCUT2D eigenvalue weighted by atomic mass is 28.4. The third-order valence-corrected chi connectivity index (χ3v) is 49.2. The van der Waals surface area contributed by atoms with Gasteiger partial charge in [0.05, 0.1) is 24.9 Å². The zero-order valence-electron chi connectivity index (χ0n) is 29.9. The molecular formula is C31H68Si7. The lowest BCUT2D eigenvalue weighted by atomic mass is 10.1. The van der Waals surface area contributed by atoms with Crippen LogP contribution in [-0.2, 0) is 4.28 Å². The van der Waals surface area contributed by atoms with Crippen LogP contribution in [0.25, 0.3) is 0 Å². The Kier molecular flexibility index (Phi) is 9.10. The summed E-state index contributed by atoms with van der Waals surface area (Å²) < 4.78 is 0.561. The first kappa shape index (κ1) is 34.9. The van der Waals surface area contributed by atoms with E-state index in [1.807, 2.05) is 16.3 Å². The van der Waals surface area contributed by atoms with E-state index in [1.54, 1.807) is 5.56 Å². The van der Waals surface area contributed by atoms with Gasteiger partial charge in [0.2, 0.25) is 0 Å². The van der Waals surface area contributed by atoms with Crippen molar-refractivity contribution in [1.82, 2.24) is 0 Å². The number of hydrogen-bond donors (Lipinski definition) is 0. The summed E-state index contributed by atoms with van der Waals surface area (Å²) in [5.41, 5.74) is 5.63. The summed E-state index contributed by atoms with van der Waals surface area (Å²) in [4.78, 5) is 0. The number of fused-ring (bicyclic) bond motifs is 1. The molecule has 1 aliphatic rings. The van der Waals surface area contributed by atoms with E-state index in [-0.39, 0.29) is 0 Å². The van der Waals surface area contributed by atoms with Crippen LogP contribution in [0.3, 0.4) is 0 Å². The summed E-state index contributed by atoms with van der Waals surface area (Å²) in [6, 6.07) is 5.82. The smallest absolute Gasteiger partial charge is 0.0693 e. The first-order valence-electron chi connectivity index (χ1n) is 15.5. The van der Waals surface area contributed by atoms with Crippen molar-refractivity contribution >= 4 is 62.4 Å². The van der Waals surface area contributed by atoms with Crippen LogP contribution in [0.4, 0.5) is 0 Å². The highest BCUT2D eigenvalue weighted by Gasteiger charge is 2.69. The largest absolute Gasteiger partial charge is 0.0820 e. The second-order valence-electron chi connectivity index (χ2n) is 20.5. The minimum atomic E-state index is -1.51. The lowest BCUT2D eigenvalue weighted by Gasteiger charge is -2.68. The molecule has 1 aromatic carbocycles. The zero-order valence-corrected chi connectivity index (χ0v) is 37.0. The molecule has 1 unspecified atom stereocenters. The van der Waals surface area contributed by atoms with E-state index >= 15 is 0 Å². The molecule has 7 heteroatoms. The predicted octanol–water partition coefficient (Wildman–Crippen LogP) is 10.1. The molecule has 0 aliphatic carbocycles. The molecule has 2 rings (SSSR count). The fourth-order valence-electron chi connectivity index (χ4n) is 10.5. The second-order valence-corrected chi connectivity index (χ2v) is 59.2. The van der Waals surface area contributed by atoms with Crippen LogP contribution in [0.2, 0.25) is 123 Å². The molecule has 0 radical (unpaired) electrons. The van der Waals surface area contributed by atoms with Gasteiger partial charge in [-0.1, -0.05) is 167 Å². The van der Waals surface area contributed by atoms with E-state index in [9.17, 15) is 0 Å². The number of hydrogen-bond acceptors (Lipinski definition) is 0. The van der Waals surface area contributed by atoms with Crippen LogP contribution in [0.1, 0.15) is 47.8 Å². The fourth-order valence-corrected chi connectivity index (χ4v) is 62.1. The van der Waals surface area contributed by atoms with Crippen molar-refractivity contribution in [3.8, 4) is 0 Å². The third-order valence-electron chi connectivity index (χ3n) is 9.72. The maximum Gasteiger partial charge on any atom is 0.0820 e. The molecule has 1 aliphatic heterocycles. The molecule has 0 bridgehead atoms. The number of benzene rings is 1.